The Morgan fingerprint density at radius 2 is 1.88 bits per heavy atom. The minimum Gasteiger partial charge on any atom is -0.496 e. The van der Waals surface area contributed by atoms with Gasteiger partial charge in [-0.2, -0.15) is 11.8 Å². The van der Waals surface area contributed by atoms with E-state index in [1.807, 2.05) is 19.2 Å². The fourth-order valence-corrected chi connectivity index (χ4v) is 1.89. The second-order valence-corrected chi connectivity index (χ2v) is 4.24. The van der Waals surface area contributed by atoms with Crippen LogP contribution < -0.4 is 9.47 Å². The summed E-state index contributed by atoms with van der Waals surface area (Å²) in [6, 6.07) is 3.57. The summed E-state index contributed by atoms with van der Waals surface area (Å²) in [6.07, 6.45) is 1.90. The lowest BCUT2D eigenvalue weighted by atomic mass is 10.1. The van der Waals surface area contributed by atoms with Crippen LogP contribution in [0.15, 0.2) is 12.1 Å². The summed E-state index contributed by atoms with van der Waals surface area (Å²) in [6.45, 7) is 1.92. The standard InChI is InChI=1S/C12H16O3S/c1-8-5-12(15-3)9(6-11(8)14-2)10(13)7-16-4/h5-6H,7H2,1-4H3. The number of aryl methyl sites for hydroxylation is 1. The molecule has 4 heteroatoms. The third kappa shape index (κ3) is 2.70. The summed E-state index contributed by atoms with van der Waals surface area (Å²) in [7, 11) is 3.16. The normalized spacial score (nSPS) is 10.0. The van der Waals surface area contributed by atoms with Gasteiger partial charge in [0.25, 0.3) is 0 Å². The molecule has 0 aromatic heterocycles. The lowest BCUT2D eigenvalue weighted by Crippen LogP contribution is -2.06. The first kappa shape index (κ1) is 12.9. The summed E-state index contributed by atoms with van der Waals surface area (Å²) < 4.78 is 10.4. The fraction of sp³-hybridized carbons (Fsp3) is 0.417. The second-order valence-electron chi connectivity index (χ2n) is 3.38. The Hall–Kier alpha value is -1.16. The molecule has 0 N–H and O–H groups in total. The van der Waals surface area contributed by atoms with Gasteiger partial charge in [0.1, 0.15) is 11.5 Å². The quantitative estimate of drug-likeness (QED) is 0.741. The Morgan fingerprint density at radius 3 is 2.38 bits per heavy atom. The van der Waals surface area contributed by atoms with Gasteiger partial charge in [0.05, 0.1) is 25.5 Å². The van der Waals surface area contributed by atoms with Crippen LogP contribution in [0, 0.1) is 6.92 Å². The van der Waals surface area contributed by atoms with E-state index in [1.54, 1.807) is 20.3 Å². The first-order valence-electron chi connectivity index (χ1n) is 4.88. The minimum absolute atomic E-state index is 0.0580. The molecule has 0 fully saturated rings. The molecule has 0 amide bonds. The SMILES string of the molecule is COc1cc(C(=O)CSC)c(OC)cc1C. The van der Waals surface area contributed by atoms with Crippen LogP contribution in [0.1, 0.15) is 15.9 Å². The number of rotatable bonds is 5. The van der Waals surface area contributed by atoms with Crippen LogP contribution >= 0.6 is 11.8 Å². The van der Waals surface area contributed by atoms with Crippen molar-refractivity contribution >= 4 is 17.5 Å². The number of ether oxygens (including phenoxy) is 2. The largest absolute Gasteiger partial charge is 0.496 e. The summed E-state index contributed by atoms with van der Waals surface area (Å²) in [5.41, 5.74) is 1.54. The highest BCUT2D eigenvalue weighted by Crippen LogP contribution is 2.28. The van der Waals surface area contributed by atoms with Crippen LogP contribution in [0.2, 0.25) is 0 Å². The monoisotopic (exact) mass is 240 g/mol. The Bertz CT molecular complexity index is 388. The number of hydrogen-bond donors (Lipinski definition) is 0. The van der Waals surface area contributed by atoms with E-state index < -0.39 is 0 Å². The first-order chi connectivity index (χ1) is 7.63. The summed E-state index contributed by atoms with van der Waals surface area (Å²) in [5.74, 6) is 1.83. The number of methoxy groups -OCH3 is 2. The van der Waals surface area contributed by atoms with E-state index in [0.29, 0.717) is 22.8 Å². The van der Waals surface area contributed by atoms with Gasteiger partial charge in [-0.3, -0.25) is 4.79 Å². The fourth-order valence-electron chi connectivity index (χ4n) is 1.48. The molecule has 16 heavy (non-hydrogen) atoms. The Labute approximate surface area is 100 Å². The molecule has 0 unspecified atom stereocenters. The van der Waals surface area contributed by atoms with Crippen molar-refractivity contribution < 1.29 is 14.3 Å². The van der Waals surface area contributed by atoms with E-state index in [-0.39, 0.29) is 5.78 Å². The molecule has 3 nitrogen and oxygen atoms in total. The molecule has 0 heterocycles. The molecular formula is C12H16O3S. The van der Waals surface area contributed by atoms with Crippen molar-refractivity contribution in [3.05, 3.63) is 23.3 Å². The van der Waals surface area contributed by atoms with Gasteiger partial charge in [-0.25, -0.2) is 0 Å². The molecule has 0 bridgehead atoms. The van der Waals surface area contributed by atoms with Gasteiger partial charge in [-0.05, 0) is 30.9 Å². The third-order valence-electron chi connectivity index (χ3n) is 2.29. The summed E-state index contributed by atoms with van der Waals surface area (Å²) in [5, 5.41) is 0. The Balaban J connectivity index is 3.19. The molecule has 0 saturated carbocycles. The first-order valence-corrected chi connectivity index (χ1v) is 6.28. The highest BCUT2D eigenvalue weighted by molar-refractivity contribution is 7.99. The molecule has 0 saturated heterocycles. The van der Waals surface area contributed by atoms with Gasteiger partial charge in [-0.15, -0.1) is 0 Å². The number of hydrogen-bond acceptors (Lipinski definition) is 4. The van der Waals surface area contributed by atoms with Crippen molar-refractivity contribution in [1.29, 1.82) is 0 Å². The third-order valence-corrected chi connectivity index (χ3v) is 2.84. The Kier molecular flexibility index (Phi) is 4.68. The number of thioether (sulfide) groups is 1. The van der Waals surface area contributed by atoms with E-state index in [9.17, 15) is 4.79 Å². The average molecular weight is 240 g/mol. The number of ketones is 1. The van der Waals surface area contributed by atoms with E-state index in [1.165, 1.54) is 11.8 Å². The van der Waals surface area contributed by atoms with Crippen molar-refractivity contribution in [2.24, 2.45) is 0 Å². The van der Waals surface area contributed by atoms with E-state index in [2.05, 4.69) is 0 Å². The molecule has 0 atom stereocenters. The molecule has 0 radical (unpaired) electrons. The van der Waals surface area contributed by atoms with Crippen LogP contribution in [-0.4, -0.2) is 32.0 Å². The van der Waals surface area contributed by atoms with Gasteiger partial charge in [0.2, 0.25) is 0 Å². The van der Waals surface area contributed by atoms with Crippen LogP contribution in [0.25, 0.3) is 0 Å². The van der Waals surface area contributed by atoms with Crippen molar-refractivity contribution in [3.8, 4) is 11.5 Å². The summed E-state index contributed by atoms with van der Waals surface area (Å²) >= 11 is 1.50. The van der Waals surface area contributed by atoms with E-state index in [4.69, 9.17) is 9.47 Å². The van der Waals surface area contributed by atoms with Crippen LogP contribution in [0.3, 0.4) is 0 Å². The molecule has 88 valence electrons. The zero-order valence-corrected chi connectivity index (χ0v) is 10.8. The number of carbonyl (C=O) groups is 1. The average Bonchev–Trinajstić information content (AvgIpc) is 2.28. The topological polar surface area (TPSA) is 35.5 Å². The van der Waals surface area contributed by atoms with Gasteiger partial charge in [0, 0.05) is 0 Å². The smallest absolute Gasteiger partial charge is 0.176 e. The van der Waals surface area contributed by atoms with Crippen molar-refractivity contribution in [1.82, 2.24) is 0 Å². The molecule has 1 aromatic rings. The van der Waals surface area contributed by atoms with Gasteiger partial charge < -0.3 is 9.47 Å². The maximum atomic E-state index is 11.8. The van der Waals surface area contributed by atoms with Gasteiger partial charge in [-0.1, -0.05) is 0 Å². The Morgan fingerprint density at radius 1 is 1.25 bits per heavy atom. The lowest BCUT2D eigenvalue weighted by Gasteiger charge is -2.11. The van der Waals surface area contributed by atoms with Crippen molar-refractivity contribution in [2.45, 2.75) is 6.92 Å². The van der Waals surface area contributed by atoms with E-state index >= 15 is 0 Å². The molecule has 0 aliphatic heterocycles. The predicted molar refractivity (Wildman–Crippen MR) is 67.0 cm³/mol. The van der Waals surface area contributed by atoms with Crippen molar-refractivity contribution in [2.75, 3.05) is 26.2 Å². The highest BCUT2D eigenvalue weighted by Gasteiger charge is 2.14. The summed E-state index contributed by atoms with van der Waals surface area (Å²) in [4.78, 5) is 11.8. The highest BCUT2D eigenvalue weighted by atomic mass is 32.2. The zero-order chi connectivity index (χ0) is 12.1. The zero-order valence-electron chi connectivity index (χ0n) is 9.99. The van der Waals surface area contributed by atoms with Gasteiger partial charge in [0.15, 0.2) is 5.78 Å². The van der Waals surface area contributed by atoms with Crippen LogP contribution in [-0.2, 0) is 0 Å². The molecule has 0 spiro atoms. The molecular weight excluding hydrogens is 224 g/mol. The molecule has 1 aromatic carbocycles. The predicted octanol–water partition coefficient (Wildman–Crippen LogP) is 2.56. The molecule has 1 rings (SSSR count). The molecule has 0 aliphatic rings. The maximum absolute atomic E-state index is 11.8. The van der Waals surface area contributed by atoms with Crippen LogP contribution in [0.4, 0.5) is 0 Å². The number of Topliss-reactive ketones (excluding diaryl/α,β-unsaturated/α-hetero) is 1. The maximum Gasteiger partial charge on any atom is 0.176 e. The minimum atomic E-state index is 0.0580. The van der Waals surface area contributed by atoms with Crippen molar-refractivity contribution in [3.63, 3.8) is 0 Å². The number of benzene rings is 1. The lowest BCUT2D eigenvalue weighted by molar-refractivity contribution is 0.101. The number of carbonyl (C=O) groups excluding carboxylic acids is 1. The van der Waals surface area contributed by atoms with E-state index in [0.717, 1.165) is 5.56 Å². The molecule has 0 aliphatic carbocycles. The van der Waals surface area contributed by atoms with Crippen LogP contribution in [0.5, 0.6) is 11.5 Å². The van der Waals surface area contributed by atoms with Gasteiger partial charge >= 0.3 is 0 Å². The second kappa shape index (κ2) is 5.80.